The van der Waals surface area contributed by atoms with E-state index in [0.29, 0.717) is 12.0 Å². The van der Waals surface area contributed by atoms with Crippen LogP contribution in [-0.4, -0.2) is 43.3 Å². The van der Waals surface area contributed by atoms with Gasteiger partial charge >= 0.3 is 5.97 Å². The summed E-state index contributed by atoms with van der Waals surface area (Å²) in [5.41, 5.74) is 1.57. The molecule has 0 spiro atoms. The molecule has 1 aliphatic rings. The molecule has 0 radical (unpaired) electrons. The zero-order valence-electron chi connectivity index (χ0n) is 11.0. The van der Waals surface area contributed by atoms with Crippen molar-refractivity contribution in [2.75, 3.05) is 13.7 Å². The Bertz CT molecular complexity index is 428. The van der Waals surface area contributed by atoms with Gasteiger partial charge in [-0.1, -0.05) is 17.7 Å². The molecule has 1 heterocycles. The molecule has 19 heavy (non-hydrogen) atoms. The number of aliphatic hydroxyl groups is 1. The maximum absolute atomic E-state index is 12.0. The summed E-state index contributed by atoms with van der Waals surface area (Å²) >= 11 is 0. The highest BCUT2D eigenvalue weighted by atomic mass is 16.7. The first kappa shape index (κ1) is 14.0. The standard InChI is InChI=1S/C14H18O5/c1-9-3-5-10(6-4-9)14(16)19-11-7-13(17-2)18-12(11)8-15/h3-6,11-13,15H,7-8H2,1-2H3/t11-,12+,13?/m0/s1. The third-order valence-electron chi connectivity index (χ3n) is 3.15. The SMILES string of the molecule is COC1C[C@H](OC(=O)c2ccc(C)cc2)[C@@H](CO)O1. The predicted octanol–water partition coefficient (Wildman–Crippen LogP) is 1.27. The van der Waals surface area contributed by atoms with Crippen LogP contribution in [0.3, 0.4) is 0 Å². The second-order valence-electron chi connectivity index (χ2n) is 4.57. The van der Waals surface area contributed by atoms with Gasteiger partial charge in [-0.15, -0.1) is 0 Å². The van der Waals surface area contributed by atoms with Crippen molar-refractivity contribution in [3.05, 3.63) is 35.4 Å². The van der Waals surface area contributed by atoms with E-state index in [9.17, 15) is 9.90 Å². The van der Waals surface area contributed by atoms with Gasteiger partial charge in [0.05, 0.1) is 12.2 Å². The fourth-order valence-corrected chi connectivity index (χ4v) is 2.01. The van der Waals surface area contributed by atoms with Gasteiger partial charge < -0.3 is 19.3 Å². The van der Waals surface area contributed by atoms with Crippen LogP contribution < -0.4 is 0 Å². The molecule has 104 valence electrons. The van der Waals surface area contributed by atoms with E-state index in [0.717, 1.165) is 5.56 Å². The monoisotopic (exact) mass is 266 g/mol. The van der Waals surface area contributed by atoms with Gasteiger partial charge in [0.1, 0.15) is 12.2 Å². The topological polar surface area (TPSA) is 65.0 Å². The first-order valence-electron chi connectivity index (χ1n) is 6.20. The summed E-state index contributed by atoms with van der Waals surface area (Å²) < 4.78 is 15.8. The van der Waals surface area contributed by atoms with Crippen LogP contribution in [0.5, 0.6) is 0 Å². The quantitative estimate of drug-likeness (QED) is 0.831. The molecule has 2 rings (SSSR count). The maximum atomic E-state index is 12.0. The van der Waals surface area contributed by atoms with E-state index in [4.69, 9.17) is 14.2 Å². The van der Waals surface area contributed by atoms with Crippen molar-refractivity contribution in [3.63, 3.8) is 0 Å². The summed E-state index contributed by atoms with van der Waals surface area (Å²) in [6.45, 7) is 1.75. The van der Waals surface area contributed by atoms with Crippen molar-refractivity contribution in [2.45, 2.75) is 31.8 Å². The lowest BCUT2D eigenvalue weighted by Gasteiger charge is -2.16. The van der Waals surface area contributed by atoms with E-state index in [2.05, 4.69) is 0 Å². The molecule has 1 aliphatic heterocycles. The first-order valence-corrected chi connectivity index (χ1v) is 6.20. The van der Waals surface area contributed by atoms with Crippen LogP contribution in [0, 0.1) is 6.92 Å². The molecule has 1 unspecified atom stereocenters. The molecule has 0 amide bonds. The third kappa shape index (κ3) is 3.32. The Morgan fingerprint density at radius 3 is 2.68 bits per heavy atom. The minimum atomic E-state index is -0.528. The van der Waals surface area contributed by atoms with Gasteiger partial charge in [0.25, 0.3) is 0 Å². The van der Waals surface area contributed by atoms with Crippen LogP contribution in [0.4, 0.5) is 0 Å². The van der Waals surface area contributed by atoms with Crippen LogP contribution in [-0.2, 0) is 14.2 Å². The molecule has 5 heteroatoms. The Hall–Kier alpha value is -1.43. The van der Waals surface area contributed by atoms with E-state index in [1.165, 1.54) is 7.11 Å². The number of carbonyl (C=O) groups excluding carboxylic acids is 1. The van der Waals surface area contributed by atoms with Crippen molar-refractivity contribution in [3.8, 4) is 0 Å². The second-order valence-corrected chi connectivity index (χ2v) is 4.57. The highest BCUT2D eigenvalue weighted by molar-refractivity contribution is 5.89. The van der Waals surface area contributed by atoms with Gasteiger partial charge in [0.15, 0.2) is 6.29 Å². The van der Waals surface area contributed by atoms with Crippen LogP contribution in [0.1, 0.15) is 22.3 Å². The minimum Gasteiger partial charge on any atom is -0.456 e. The number of esters is 1. The molecule has 0 aromatic heterocycles. The van der Waals surface area contributed by atoms with Gasteiger partial charge in [-0.25, -0.2) is 4.79 Å². The molecule has 1 saturated heterocycles. The van der Waals surface area contributed by atoms with Crippen LogP contribution in [0.25, 0.3) is 0 Å². The van der Waals surface area contributed by atoms with Crippen LogP contribution in [0.2, 0.25) is 0 Å². The van der Waals surface area contributed by atoms with Crippen molar-refractivity contribution < 1.29 is 24.1 Å². The van der Waals surface area contributed by atoms with E-state index in [1.807, 2.05) is 19.1 Å². The molecular weight excluding hydrogens is 248 g/mol. The maximum Gasteiger partial charge on any atom is 0.338 e. The number of methoxy groups -OCH3 is 1. The van der Waals surface area contributed by atoms with Gasteiger partial charge in [-0.3, -0.25) is 0 Å². The first-order chi connectivity index (χ1) is 9.13. The average Bonchev–Trinajstić information content (AvgIpc) is 2.81. The van der Waals surface area contributed by atoms with E-state index < -0.39 is 24.5 Å². The van der Waals surface area contributed by atoms with Crippen molar-refractivity contribution in [2.24, 2.45) is 0 Å². The lowest BCUT2D eigenvalue weighted by atomic mass is 10.1. The number of aryl methyl sites for hydroxylation is 1. The van der Waals surface area contributed by atoms with Crippen LogP contribution in [0.15, 0.2) is 24.3 Å². The molecule has 0 aliphatic carbocycles. The van der Waals surface area contributed by atoms with Gasteiger partial charge in [-0.05, 0) is 19.1 Å². The van der Waals surface area contributed by atoms with E-state index in [-0.39, 0.29) is 6.61 Å². The zero-order valence-corrected chi connectivity index (χ0v) is 11.0. The number of ether oxygens (including phenoxy) is 3. The Balaban J connectivity index is 2.00. The number of hydrogen-bond acceptors (Lipinski definition) is 5. The normalized spacial score (nSPS) is 26.4. The Kier molecular flexibility index (Phi) is 4.52. The fraction of sp³-hybridized carbons (Fsp3) is 0.500. The van der Waals surface area contributed by atoms with Crippen molar-refractivity contribution in [1.82, 2.24) is 0 Å². The summed E-state index contributed by atoms with van der Waals surface area (Å²) in [6.07, 6.45) is -1.02. The lowest BCUT2D eigenvalue weighted by molar-refractivity contribution is -0.127. The molecule has 1 aromatic carbocycles. The predicted molar refractivity (Wildman–Crippen MR) is 67.8 cm³/mol. The number of rotatable bonds is 4. The number of benzene rings is 1. The Morgan fingerprint density at radius 2 is 2.11 bits per heavy atom. The Morgan fingerprint density at radius 1 is 1.42 bits per heavy atom. The largest absolute Gasteiger partial charge is 0.456 e. The lowest BCUT2D eigenvalue weighted by Crippen LogP contribution is -2.30. The highest BCUT2D eigenvalue weighted by Crippen LogP contribution is 2.24. The van der Waals surface area contributed by atoms with Crippen LogP contribution >= 0.6 is 0 Å². The van der Waals surface area contributed by atoms with Crippen molar-refractivity contribution >= 4 is 5.97 Å². The zero-order chi connectivity index (χ0) is 13.8. The molecule has 1 aromatic rings. The van der Waals surface area contributed by atoms with Gasteiger partial charge in [0.2, 0.25) is 0 Å². The molecule has 1 N–H and O–H groups in total. The summed E-state index contributed by atoms with van der Waals surface area (Å²) in [4.78, 5) is 12.0. The fourth-order valence-electron chi connectivity index (χ4n) is 2.01. The number of aliphatic hydroxyl groups excluding tert-OH is 1. The molecule has 1 fully saturated rings. The molecule has 5 nitrogen and oxygen atoms in total. The van der Waals surface area contributed by atoms with Gasteiger partial charge in [0, 0.05) is 13.5 Å². The second kappa shape index (κ2) is 6.14. The Labute approximate surface area is 112 Å². The summed E-state index contributed by atoms with van der Waals surface area (Å²) in [6, 6.07) is 7.14. The smallest absolute Gasteiger partial charge is 0.338 e. The third-order valence-corrected chi connectivity index (χ3v) is 3.15. The number of carbonyl (C=O) groups is 1. The highest BCUT2D eigenvalue weighted by Gasteiger charge is 2.37. The van der Waals surface area contributed by atoms with Gasteiger partial charge in [-0.2, -0.15) is 0 Å². The molecule has 0 saturated carbocycles. The summed E-state index contributed by atoms with van der Waals surface area (Å²) in [5.74, 6) is -0.413. The summed E-state index contributed by atoms with van der Waals surface area (Å²) in [5, 5.41) is 9.20. The number of hydrogen-bond donors (Lipinski definition) is 1. The molecule has 0 bridgehead atoms. The molecular formula is C14H18O5. The molecule has 3 atom stereocenters. The average molecular weight is 266 g/mol. The van der Waals surface area contributed by atoms with E-state index >= 15 is 0 Å². The minimum absolute atomic E-state index is 0.203. The summed E-state index contributed by atoms with van der Waals surface area (Å²) in [7, 11) is 1.52. The van der Waals surface area contributed by atoms with E-state index in [1.54, 1.807) is 12.1 Å². The van der Waals surface area contributed by atoms with Crippen molar-refractivity contribution in [1.29, 1.82) is 0 Å².